The molecule has 0 saturated heterocycles. The maximum atomic E-state index is 5.88. The molecule has 0 radical (unpaired) electrons. The van der Waals surface area contributed by atoms with Crippen LogP contribution < -0.4 is 5.32 Å². The van der Waals surface area contributed by atoms with Crippen LogP contribution in [0.2, 0.25) is 5.02 Å². The highest BCUT2D eigenvalue weighted by Gasteiger charge is 2.01. The third kappa shape index (κ3) is 4.37. The van der Waals surface area contributed by atoms with Gasteiger partial charge in [0, 0.05) is 15.6 Å². The maximum absolute atomic E-state index is 5.88. The van der Waals surface area contributed by atoms with Gasteiger partial charge in [0.2, 0.25) is 0 Å². The van der Waals surface area contributed by atoms with Crippen molar-refractivity contribution >= 4 is 46.1 Å². The van der Waals surface area contributed by atoms with Gasteiger partial charge in [0.25, 0.3) is 0 Å². The predicted molar refractivity (Wildman–Crippen MR) is 94.8 cm³/mol. The Balaban J connectivity index is 2.13. The van der Waals surface area contributed by atoms with Crippen molar-refractivity contribution < 1.29 is 0 Å². The van der Waals surface area contributed by atoms with Crippen LogP contribution in [0.3, 0.4) is 0 Å². The zero-order valence-electron chi connectivity index (χ0n) is 11.0. The Labute approximate surface area is 134 Å². The number of halogens is 1. The van der Waals surface area contributed by atoms with Crippen LogP contribution in [0.25, 0.3) is 0 Å². The van der Waals surface area contributed by atoms with Crippen molar-refractivity contribution in [1.29, 1.82) is 0 Å². The maximum Gasteiger partial charge on any atom is 0.0737 e. The van der Waals surface area contributed by atoms with E-state index in [1.165, 1.54) is 0 Å². The van der Waals surface area contributed by atoms with E-state index in [-0.39, 0.29) is 0 Å². The van der Waals surface area contributed by atoms with Crippen LogP contribution in [0, 0.1) is 0 Å². The molecule has 0 aliphatic heterocycles. The van der Waals surface area contributed by atoms with Crippen LogP contribution in [0.15, 0.2) is 65.7 Å². The molecule has 1 nitrogen and oxygen atoms in total. The van der Waals surface area contributed by atoms with E-state index >= 15 is 0 Å². The molecule has 0 saturated carbocycles. The number of thiocarbonyl (C=S) groups is 1. The third-order valence-corrected chi connectivity index (χ3v) is 3.92. The topological polar surface area (TPSA) is 12.0 Å². The molecule has 2 rings (SSSR count). The summed E-state index contributed by atoms with van der Waals surface area (Å²) in [5.41, 5.74) is 2.04. The quantitative estimate of drug-likeness (QED) is 0.452. The van der Waals surface area contributed by atoms with Crippen molar-refractivity contribution in [3.05, 3.63) is 76.3 Å². The van der Waals surface area contributed by atoms with Crippen LogP contribution in [0.1, 0.15) is 5.56 Å². The number of benzene rings is 2. The lowest BCUT2D eigenvalue weighted by molar-refractivity contribution is 1.56. The van der Waals surface area contributed by atoms with Gasteiger partial charge in [-0.1, -0.05) is 54.2 Å². The summed E-state index contributed by atoms with van der Waals surface area (Å²) in [6.45, 7) is 0. The van der Waals surface area contributed by atoms with Crippen molar-refractivity contribution in [3.63, 3.8) is 0 Å². The van der Waals surface area contributed by atoms with Gasteiger partial charge in [-0.15, -0.1) is 11.8 Å². The second kappa shape index (κ2) is 7.48. The zero-order valence-corrected chi connectivity index (χ0v) is 13.4. The molecule has 1 N–H and O–H groups in total. The van der Waals surface area contributed by atoms with E-state index < -0.39 is 0 Å². The molecule has 0 aliphatic rings. The molecule has 0 heterocycles. The van der Waals surface area contributed by atoms with Crippen LogP contribution >= 0.6 is 35.6 Å². The molecule has 0 unspecified atom stereocenters. The third-order valence-electron chi connectivity index (χ3n) is 2.65. The van der Waals surface area contributed by atoms with Gasteiger partial charge in [0.15, 0.2) is 0 Å². The van der Waals surface area contributed by atoms with Gasteiger partial charge in [0.1, 0.15) is 0 Å². The fourth-order valence-corrected chi connectivity index (χ4v) is 2.54. The lowest BCUT2D eigenvalue weighted by atomic mass is 10.1. The number of rotatable bonds is 5. The Morgan fingerprint density at radius 2 is 1.75 bits per heavy atom. The normalized spacial score (nSPS) is 11.2. The average Bonchev–Trinajstić information content (AvgIpc) is 2.49. The minimum Gasteiger partial charge on any atom is -0.350 e. The molecule has 2 aromatic rings. The Kier molecular flexibility index (Phi) is 5.65. The van der Waals surface area contributed by atoms with Crippen molar-refractivity contribution in [2.45, 2.75) is 0 Å². The number of hydrogen-bond donors (Lipinski definition) is 1. The number of thioether (sulfide) groups is 1. The molecule has 0 aromatic heterocycles. The van der Waals surface area contributed by atoms with E-state index in [0.29, 0.717) is 0 Å². The molecule has 0 bridgehead atoms. The van der Waals surface area contributed by atoms with Gasteiger partial charge in [0.05, 0.1) is 5.03 Å². The molecule has 0 spiro atoms. The molecular weight excluding hydrogens is 306 g/mol. The van der Waals surface area contributed by atoms with E-state index in [9.17, 15) is 0 Å². The molecule has 0 atom stereocenters. The standard InChI is InChI=1S/C16H14ClNS2/c1-20-16(18-14-9-7-13(17)8-10-14)11-15(19)12-5-3-2-4-6-12/h2-11,18H,1H3/b16-11+. The zero-order chi connectivity index (χ0) is 14.4. The van der Waals surface area contributed by atoms with Gasteiger partial charge in [-0.2, -0.15) is 0 Å². The largest absolute Gasteiger partial charge is 0.350 e. The van der Waals surface area contributed by atoms with E-state index in [4.69, 9.17) is 23.8 Å². The summed E-state index contributed by atoms with van der Waals surface area (Å²) in [4.78, 5) is 0.816. The fraction of sp³-hybridized carbons (Fsp3) is 0.0625. The summed E-state index contributed by atoms with van der Waals surface area (Å²) < 4.78 is 0. The molecule has 0 fully saturated rings. The van der Waals surface area contributed by atoms with E-state index in [1.54, 1.807) is 11.8 Å². The molecule has 0 aliphatic carbocycles. The first-order valence-corrected chi connectivity index (χ1v) is 8.08. The van der Waals surface area contributed by atoms with Gasteiger partial charge in [-0.25, -0.2) is 0 Å². The van der Waals surface area contributed by atoms with E-state index in [2.05, 4.69) is 5.32 Å². The monoisotopic (exact) mass is 319 g/mol. The lowest BCUT2D eigenvalue weighted by Crippen LogP contribution is -2.00. The highest BCUT2D eigenvalue weighted by molar-refractivity contribution is 8.02. The molecular formula is C16H14ClNS2. The van der Waals surface area contributed by atoms with Crippen molar-refractivity contribution in [3.8, 4) is 0 Å². The van der Waals surface area contributed by atoms with Crippen LogP contribution in [-0.4, -0.2) is 11.1 Å². The lowest BCUT2D eigenvalue weighted by Gasteiger charge is -2.09. The first kappa shape index (κ1) is 15.1. The Bertz CT molecular complexity index is 606. The molecule has 102 valence electrons. The van der Waals surface area contributed by atoms with Crippen LogP contribution in [0.4, 0.5) is 5.69 Å². The molecule has 20 heavy (non-hydrogen) atoms. The Morgan fingerprint density at radius 3 is 2.35 bits per heavy atom. The van der Waals surface area contributed by atoms with E-state index in [1.807, 2.05) is 66.9 Å². The minimum atomic E-state index is 0.727. The fourth-order valence-electron chi connectivity index (χ4n) is 1.63. The summed E-state index contributed by atoms with van der Waals surface area (Å²) in [6.07, 6.45) is 3.99. The van der Waals surface area contributed by atoms with Crippen molar-refractivity contribution in [2.75, 3.05) is 11.6 Å². The van der Waals surface area contributed by atoms with Gasteiger partial charge < -0.3 is 5.32 Å². The van der Waals surface area contributed by atoms with Gasteiger partial charge in [-0.3, -0.25) is 0 Å². The first-order valence-electron chi connectivity index (χ1n) is 6.06. The first-order chi connectivity index (χ1) is 9.69. The summed E-state index contributed by atoms with van der Waals surface area (Å²) in [5, 5.41) is 5.06. The summed E-state index contributed by atoms with van der Waals surface area (Å²) in [7, 11) is 0. The van der Waals surface area contributed by atoms with Crippen LogP contribution in [0.5, 0.6) is 0 Å². The summed E-state index contributed by atoms with van der Waals surface area (Å²) in [5.74, 6) is 0. The molecule has 4 heteroatoms. The van der Waals surface area contributed by atoms with Crippen molar-refractivity contribution in [2.24, 2.45) is 0 Å². The Hall–Kier alpha value is -1.29. The number of hydrogen-bond acceptors (Lipinski definition) is 3. The minimum absolute atomic E-state index is 0.727. The molecule has 0 amide bonds. The second-order valence-electron chi connectivity index (χ2n) is 4.07. The number of anilines is 1. The van der Waals surface area contributed by atoms with Crippen LogP contribution in [-0.2, 0) is 0 Å². The summed E-state index contributed by atoms with van der Waals surface area (Å²) in [6, 6.07) is 17.6. The second-order valence-corrected chi connectivity index (χ2v) is 5.80. The SMILES string of the molecule is CS/C(=C/C(=S)c1ccccc1)Nc1ccc(Cl)cc1. The Morgan fingerprint density at radius 1 is 1.10 bits per heavy atom. The number of allylic oxidation sites excluding steroid dienone is 1. The highest BCUT2D eigenvalue weighted by Crippen LogP contribution is 2.20. The smallest absolute Gasteiger partial charge is 0.0737 e. The molecule has 2 aromatic carbocycles. The van der Waals surface area contributed by atoms with Gasteiger partial charge in [-0.05, 0) is 42.2 Å². The highest BCUT2D eigenvalue weighted by atomic mass is 35.5. The number of nitrogens with one attached hydrogen (secondary N) is 1. The van der Waals surface area contributed by atoms with Gasteiger partial charge >= 0.3 is 0 Å². The average molecular weight is 320 g/mol. The van der Waals surface area contributed by atoms with E-state index in [0.717, 1.165) is 26.2 Å². The predicted octanol–water partition coefficient (Wildman–Crippen LogP) is 5.37. The summed E-state index contributed by atoms with van der Waals surface area (Å²) >= 11 is 12.9. The van der Waals surface area contributed by atoms with Crippen molar-refractivity contribution in [1.82, 2.24) is 0 Å².